The molecule has 0 amide bonds. The lowest BCUT2D eigenvalue weighted by molar-refractivity contribution is 0.312. The summed E-state index contributed by atoms with van der Waals surface area (Å²) in [5.41, 5.74) is 18.4. The van der Waals surface area contributed by atoms with E-state index in [0.717, 1.165) is 172 Å². The molecule has 0 saturated carbocycles. The van der Waals surface area contributed by atoms with Gasteiger partial charge < -0.3 is 51.1 Å². The van der Waals surface area contributed by atoms with Gasteiger partial charge in [-0.15, -0.1) is 6.58 Å². The van der Waals surface area contributed by atoms with Crippen LogP contribution in [0, 0.1) is 27.7 Å². The maximum absolute atomic E-state index is 6.49. The number of anilines is 10. The van der Waals surface area contributed by atoms with Crippen molar-refractivity contribution in [3.8, 4) is 0 Å². The van der Waals surface area contributed by atoms with Gasteiger partial charge in [-0.3, -0.25) is 15.3 Å². The van der Waals surface area contributed by atoms with Crippen LogP contribution < -0.4 is 36.4 Å². The summed E-state index contributed by atoms with van der Waals surface area (Å²) in [6, 6.07) is 35.1. The Balaban J connectivity index is 0.000000139. The SMILES string of the molecule is C=CCc1ccc(/C=C/c2nc(Nc3cc(C)[nH]n3)cc(N3CCN(C)CC3)n2)cc1.Cc1cc(Nc2cc(N3CCN(C)CC3)nc(C3=Cc4ccccc4C3)n2)n[nH]1.Cc1ccc(/C=C/c2nc(Nc3cc(C)[nH]n3)c(N)c(N3CCN(C)CC3)n2)cc1. The number of piperazine rings is 3. The summed E-state index contributed by atoms with van der Waals surface area (Å²) in [5.74, 6) is 8.97. The predicted octanol–water partition coefficient (Wildman–Crippen LogP) is 10.1. The molecule has 0 spiro atoms. The molecule has 1 aliphatic carbocycles. The second-order valence-electron chi connectivity index (χ2n) is 23.5. The summed E-state index contributed by atoms with van der Waals surface area (Å²) in [5, 5.41) is 31.5. The molecule has 6 aromatic heterocycles. The van der Waals surface area contributed by atoms with Crippen LogP contribution >= 0.6 is 0 Å². The van der Waals surface area contributed by atoms with E-state index in [4.69, 9.17) is 30.7 Å². The van der Waals surface area contributed by atoms with Gasteiger partial charge in [0.15, 0.2) is 46.6 Å². The molecule has 464 valence electrons. The van der Waals surface area contributed by atoms with Crippen molar-refractivity contribution < 1.29 is 0 Å². The van der Waals surface area contributed by atoms with E-state index in [1.165, 1.54) is 22.3 Å². The summed E-state index contributed by atoms with van der Waals surface area (Å²) in [6.07, 6.45) is 13.8. The first-order valence-electron chi connectivity index (χ1n) is 30.8. The molecule has 0 radical (unpaired) electrons. The lowest BCUT2D eigenvalue weighted by Gasteiger charge is -2.34. The third kappa shape index (κ3) is 16.6. The van der Waals surface area contributed by atoms with E-state index in [-0.39, 0.29) is 0 Å². The van der Waals surface area contributed by atoms with Crippen molar-refractivity contribution in [2.24, 2.45) is 0 Å². The highest BCUT2D eigenvalue weighted by molar-refractivity contribution is 5.87. The lowest BCUT2D eigenvalue weighted by Crippen LogP contribution is -2.45. The monoisotopic (exact) mass is 1210 g/mol. The van der Waals surface area contributed by atoms with E-state index in [0.29, 0.717) is 29.0 Å². The smallest absolute Gasteiger partial charge is 0.161 e. The van der Waals surface area contributed by atoms with Gasteiger partial charge in [0.2, 0.25) is 0 Å². The molecule has 3 fully saturated rings. The quantitative estimate of drug-likeness (QED) is 0.0445. The van der Waals surface area contributed by atoms with E-state index in [1.807, 2.05) is 81.5 Å². The van der Waals surface area contributed by atoms with Crippen LogP contribution in [-0.2, 0) is 12.8 Å². The second kappa shape index (κ2) is 28.9. The third-order valence-electron chi connectivity index (χ3n) is 16.1. The van der Waals surface area contributed by atoms with Crippen molar-refractivity contribution in [1.29, 1.82) is 0 Å². The number of aromatic amines is 3. The zero-order valence-corrected chi connectivity index (χ0v) is 52.7. The van der Waals surface area contributed by atoms with Gasteiger partial charge in [0.25, 0.3) is 0 Å². The van der Waals surface area contributed by atoms with Crippen molar-refractivity contribution in [2.75, 3.05) is 136 Å². The molecule has 9 heterocycles. The summed E-state index contributed by atoms with van der Waals surface area (Å²) in [6.45, 7) is 23.4. The van der Waals surface area contributed by atoms with Gasteiger partial charge >= 0.3 is 0 Å². The van der Waals surface area contributed by atoms with Gasteiger partial charge in [0, 0.05) is 138 Å². The number of aromatic nitrogens is 12. The minimum Gasteiger partial charge on any atom is -0.393 e. The van der Waals surface area contributed by atoms with E-state index in [2.05, 4.69) is 194 Å². The van der Waals surface area contributed by atoms with E-state index < -0.39 is 0 Å². The number of nitrogen functional groups attached to an aromatic ring is 1. The van der Waals surface area contributed by atoms with Crippen LogP contribution in [0.4, 0.5) is 58.0 Å². The number of nitrogens with two attached hydrogens (primary N) is 1. The first kappa shape index (κ1) is 61.6. The Morgan fingerprint density at radius 3 is 1.51 bits per heavy atom. The summed E-state index contributed by atoms with van der Waals surface area (Å²) in [7, 11) is 6.44. The molecule has 22 heteroatoms. The largest absolute Gasteiger partial charge is 0.393 e. The number of benzene rings is 3. The standard InChI is InChI=1S/C24H29N7.C22H28N8.C22H25N7/c1-4-5-19-6-8-20(9-7-19)10-11-21-25-22(26-23-16-18(2)28-29-23)17-24(27-21)31-14-12-30(3)13-15-31;1-15-4-6-17(7-5-15)8-9-18-24-21(25-19-14-16(2)27-28-19)20(23)22(26-18)30-12-10-29(3)11-13-30;1-15-11-20(27-26-15)23-19-14-21(29-9-7-28(2)8-10-29)25-22(24-19)18-12-16-5-3-4-6-17(16)13-18/h4,6-11,16-17H,1,5,12-15H2,2-3H3,(H2,25,26,27,28,29);4-9,14H,10-13,23H2,1-3H3,(H2,24,25,26,27,28);3-6,11-12,14H,7-10,13H2,1-2H3,(H2,23,24,25,26,27)/b11-10+;9-8+;. The fourth-order valence-electron chi connectivity index (χ4n) is 10.7. The number of aryl methyl sites for hydroxylation is 4. The maximum Gasteiger partial charge on any atom is 0.161 e. The van der Waals surface area contributed by atoms with Crippen LogP contribution in [0.2, 0.25) is 0 Å². The van der Waals surface area contributed by atoms with Crippen molar-refractivity contribution in [2.45, 2.75) is 40.5 Å². The highest BCUT2D eigenvalue weighted by atomic mass is 15.3. The Bertz CT molecular complexity index is 3950. The number of hydrogen-bond acceptors (Lipinski definition) is 19. The van der Waals surface area contributed by atoms with Crippen LogP contribution in [0.25, 0.3) is 36.0 Å². The van der Waals surface area contributed by atoms with Gasteiger partial charge in [-0.25, -0.2) is 29.9 Å². The molecule has 4 aliphatic rings. The van der Waals surface area contributed by atoms with Crippen LogP contribution in [0.5, 0.6) is 0 Å². The van der Waals surface area contributed by atoms with Gasteiger partial charge in [0.05, 0.1) is 0 Å². The molecule has 3 saturated heterocycles. The normalized spacial score (nSPS) is 15.5. The Morgan fingerprint density at radius 2 is 0.989 bits per heavy atom. The van der Waals surface area contributed by atoms with Crippen LogP contribution in [0.3, 0.4) is 0 Å². The number of fused-ring (bicyclic) bond motifs is 1. The lowest BCUT2D eigenvalue weighted by atomic mass is 10.1. The summed E-state index contributed by atoms with van der Waals surface area (Å²) < 4.78 is 0. The highest BCUT2D eigenvalue weighted by Gasteiger charge is 2.24. The van der Waals surface area contributed by atoms with E-state index >= 15 is 0 Å². The van der Waals surface area contributed by atoms with Crippen molar-refractivity contribution in [3.05, 3.63) is 184 Å². The molecule has 9 aromatic rings. The van der Waals surface area contributed by atoms with Gasteiger partial charge in [-0.1, -0.05) is 96.6 Å². The van der Waals surface area contributed by atoms with Crippen LogP contribution in [-0.4, -0.2) is 175 Å². The van der Waals surface area contributed by atoms with Gasteiger partial charge in [0.1, 0.15) is 29.0 Å². The van der Waals surface area contributed by atoms with Crippen molar-refractivity contribution in [3.63, 3.8) is 0 Å². The molecule has 13 rings (SSSR count). The van der Waals surface area contributed by atoms with E-state index in [1.54, 1.807) is 0 Å². The molecule has 3 aliphatic heterocycles. The first-order valence-corrected chi connectivity index (χ1v) is 30.8. The second-order valence-corrected chi connectivity index (χ2v) is 23.5. The number of hydrogen-bond donors (Lipinski definition) is 7. The number of likely N-dealkylation sites (N-methyl/N-ethyl adjacent to an activating group) is 3. The highest BCUT2D eigenvalue weighted by Crippen LogP contribution is 2.34. The van der Waals surface area contributed by atoms with Gasteiger partial charge in [-0.2, -0.15) is 15.3 Å². The average Bonchev–Trinajstić information content (AvgIpc) is 2.02. The first-order chi connectivity index (χ1) is 43.7. The summed E-state index contributed by atoms with van der Waals surface area (Å²) in [4.78, 5) is 42.6. The molecule has 22 nitrogen and oxygen atoms in total. The fourth-order valence-corrected chi connectivity index (χ4v) is 10.7. The Labute approximate surface area is 527 Å². The predicted molar refractivity (Wildman–Crippen MR) is 367 cm³/mol. The summed E-state index contributed by atoms with van der Waals surface area (Å²) >= 11 is 0. The minimum atomic E-state index is 0.535. The van der Waals surface area contributed by atoms with Gasteiger partial charge in [-0.05, 0) is 101 Å². The number of rotatable bonds is 16. The number of allylic oxidation sites excluding steroid dienone is 2. The van der Waals surface area contributed by atoms with Crippen molar-refractivity contribution in [1.82, 2.24) is 75.2 Å². The molecule has 0 atom stereocenters. The molecule has 0 bridgehead atoms. The zero-order chi connectivity index (χ0) is 62.5. The average molecular weight is 1210 g/mol. The van der Waals surface area contributed by atoms with Crippen molar-refractivity contribution >= 4 is 94.0 Å². The zero-order valence-electron chi connectivity index (χ0n) is 52.7. The number of H-pyrrole nitrogens is 3. The maximum atomic E-state index is 6.49. The van der Waals surface area contributed by atoms with Crippen LogP contribution in [0.15, 0.2) is 116 Å². The third-order valence-corrected chi connectivity index (χ3v) is 16.1. The number of nitrogens with one attached hydrogen (secondary N) is 6. The molecule has 0 unspecified atom stereocenters. The molecule has 3 aromatic carbocycles. The Hall–Kier alpha value is -10.0. The Morgan fingerprint density at radius 1 is 0.500 bits per heavy atom. The molecule has 8 N–H and O–H groups in total. The number of nitrogens with zero attached hydrogens (tertiary/aromatic N) is 15. The molecule has 90 heavy (non-hydrogen) atoms. The minimum absolute atomic E-state index is 0.535. The fraction of sp³-hybridized carbons (Fsp3) is 0.309. The topological polar surface area (TPSA) is 245 Å². The molecular formula is C68H82N22. The molecular weight excluding hydrogens is 1120 g/mol. The van der Waals surface area contributed by atoms with Crippen LogP contribution in [0.1, 0.15) is 67.9 Å². The van der Waals surface area contributed by atoms with E-state index in [9.17, 15) is 0 Å². The Kier molecular flexibility index (Phi) is 19.8.